The minimum Gasteiger partial charge on any atom is -0.305 e. The third-order valence-electron chi connectivity index (χ3n) is 20.0. The summed E-state index contributed by atoms with van der Waals surface area (Å²) in [4.78, 5) is 22.4. The van der Waals surface area contributed by atoms with Crippen LogP contribution >= 0.6 is 0 Å². The fraction of sp³-hybridized carbons (Fsp3) is 0.183. The first-order valence-corrected chi connectivity index (χ1v) is 57.1. The first-order valence-electron chi connectivity index (χ1n) is 39.6. The normalized spacial score (nSPS) is 11.0. The van der Waals surface area contributed by atoms with Crippen LogP contribution in [0.15, 0.2) is 310 Å². The molecule has 5 heterocycles. The SMILES string of the molecule is C[Si](C)(C)c1ccccc1-c1cc[c-]c(-c2ccccn2)c1.Cc1ccc(-c2[c-]ccc(-c3ccccc3[Si](C)(C)C)c2)nc1.Cc1ccnc(-c2[c-]ccc(-c3ccc([Si](C)(C)C)cc3)c2)c1.Cc1ccnc(-c2[c-]ccc(-c3cccc([Si](C)(C)C)c3)c2)c1.Cc1ccnc(-c2[c-]ccc(-c3ccccc3[Si](C)(C)C)c2)c1.[Ir].[Ir].[Ir].[Ir].[Ir]. The van der Waals surface area contributed by atoms with Crippen molar-refractivity contribution in [3.05, 3.63) is 363 Å². The molecule has 0 aliphatic rings. The van der Waals surface area contributed by atoms with Gasteiger partial charge in [0.1, 0.15) is 0 Å². The van der Waals surface area contributed by atoms with Crippen LogP contribution in [0, 0.1) is 58.0 Å². The molecule has 5 nitrogen and oxygen atoms in total. The number of nitrogens with zero attached hydrogens (tertiary/aromatic N) is 5. The second-order valence-corrected chi connectivity index (χ2v) is 59.9. The first kappa shape index (κ1) is 100. The summed E-state index contributed by atoms with van der Waals surface area (Å²) in [5, 5.41) is 7.46. The zero-order valence-electron chi connectivity index (χ0n) is 71.8. The van der Waals surface area contributed by atoms with Gasteiger partial charge in [0, 0.05) is 132 Å². The zero-order valence-corrected chi connectivity index (χ0v) is 88.8. The van der Waals surface area contributed by atoms with Crippen molar-refractivity contribution in [3.63, 3.8) is 0 Å². The second-order valence-electron chi connectivity index (χ2n) is 34.6. The van der Waals surface area contributed by atoms with Gasteiger partial charge in [0.05, 0.1) is 40.4 Å². The van der Waals surface area contributed by atoms with E-state index in [2.05, 4.69) is 393 Å². The molecule has 0 saturated heterocycles. The van der Waals surface area contributed by atoms with Gasteiger partial charge in [-0.1, -0.05) is 305 Å². The maximum atomic E-state index is 4.53. The summed E-state index contributed by atoms with van der Waals surface area (Å²) < 4.78 is 0. The number of benzene rings is 10. The molecule has 10 aromatic carbocycles. The van der Waals surface area contributed by atoms with E-state index in [4.69, 9.17) is 0 Å². The fourth-order valence-electron chi connectivity index (χ4n) is 13.6. The van der Waals surface area contributed by atoms with Crippen molar-refractivity contribution in [2.45, 2.75) is 126 Å². The van der Waals surface area contributed by atoms with Crippen LogP contribution in [-0.4, -0.2) is 65.3 Å². The molecule has 0 aliphatic heterocycles. The van der Waals surface area contributed by atoms with Crippen LogP contribution in [0.25, 0.3) is 112 Å². The summed E-state index contributed by atoms with van der Waals surface area (Å²) in [6.45, 7) is 44.1. The van der Waals surface area contributed by atoms with Crippen LogP contribution in [0.3, 0.4) is 0 Å². The van der Waals surface area contributed by atoms with E-state index in [0.717, 1.165) is 56.3 Å². The van der Waals surface area contributed by atoms with Gasteiger partial charge in [0.2, 0.25) is 0 Å². The van der Waals surface area contributed by atoms with Crippen molar-refractivity contribution in [2.75, 3.05) is 0 Å². The fourth-order valence-corrected chi connectivity index (χ4v) is 20.9. The summed E-state index contributed by atoms with van der Waals surface area (Å²) >= 11 is 0. The Balaban J connectivity index is 0.000000228. The van der Waals surface area contributed by atoms with Crippen LogP contribution in [0.1, 0.15) is 22.3 Å². The number of aryl methyl sites for hydroxylation is 4. The Morgan fingerprint density at radius 3 is 0.866 bits per heavy atom. The van der Waals surface area contributed by atoms with Crippen molar-refractivity contribution in [1.82, 2.24) is 24.9 Å². The maximum absolute atomic E-state index is 4.53. The van der Waals surface area contributed by atoms with Gasteiger partial charge in [-0.05, 0) is 114 Å². The van der Waals surface area contributed by atoms with E-state index in [-0.39, 0.29) is 101 Å². The van der Waals surface area contributed by atoms with Crippen LogP contribution in [0.5, 0.6) is 0 Å². The van der Waals surface area contributed by atoms with Crippen molar-refractivity contribution < 1.29 is 101 Å². The van der Waals surface area contributed by atoms with Gasteiger partial charge in [0.15, 0.2) is 0 Å². The van der Waals surface area contributed by atoms with E-state index < -0.39 is 40.4 Å². The third-order valence-corrected chi connectivity index (χ3v) is 30.3. The molecule has 5 radical (unpaired) electrons. The summed E-state index contributed by atoms with van der Waals surface area (Å²) in [6, 6.07) is 115. The standard InChI is InChI=1S/4C21H22NSi.C20H20NSi.5Ir/c1-16-11-12-22-21(13-16)19-9-5-7-17(14-19)18-8-6-10-20(15-18)23(2,3)4;1-16-12-13-20(22-15-16)18-9-7-8-17(14-18)19-10-5-6-11-21(19)23(2,3)4;1-16-12-13-22-20(14-16)18-9-7-8-17(15-18)19-10-5-6-11-21(19)23(2,3)4;1-16-12-13-22-21(14-16)19-7-5-6-18(15-19)17-8-10-20(11-9-17)23(2,3)4;1-22(2,3)20-13-5-4-11-18(20)16-9-8-10-17(15-16)19-12-6-7-14-21-19;;;;;/h3*5-8,10-15H,1-4H3;5-6,8-15H,1-4H3;4-9,11-15H,1-3H3;;;;;/q5*-1;;;;;. The molecule has 15 rings (SSSR count). The monoisotopic (exact) mass is 2530 g/mol. The van der Waals surface area contributed by atoms with Gasteiger partial charge in [-0.3, -0.25) is 0 Å². The Morgan fingerprint density at radius 2 is 0.529 bits per heavy atom. The quantitative estimate of drug-likeness (QED) is 0.0756. The second kappa shape index (κ2) is 45.4. The Hall–Kier alpha value is -7.72. The summed E-state index contributed by atoms with van der Waals surface area (Å²) in [5.74, 6) is 0. The molecule has 0 bridgehead atoms. The van der Waals surface area contributed by atoms with Crippen molar-refractivity contribution in [3.8, 4) is 112 Å². The summed E-state index contributed by atoms with van der Waals surface area (Å²) in [5.41, 5.74) is 27.7. The molecular weight excluding hydrogens is 2420 g/mol. The van der Waals surface area contributed by atoms with Crippen molar-refractivity contribution >= 4 is 66.3 Å². The smallest absolute Gasteiger partial charge is 0.0783 e. The molecule has 15 heteroatoms. The molecule has 0 spiro atoms. The van der Waals surface area contributed by atoms with Gasteiger partial charge in [-0.25, -0.2) is 0 Å². The Labute approximate surface area is 784 Å². The molecule has 0 N–H and O–H groups in total. The Bertz CT molecular complexity index is 5730. The summed E-state index contributed by atoms with van der Waals surface area (Å²) in [7, 11) is -6.71. The topological polar surface area (TPSA) is 64.5 Å². The molecule has 5 aromatic heterocycles. The molecule has 15 aromatic rings. The minimum absolute atomic E-state index is 0. The van der Waals surface area contributed by atoms with Gasteiger partial charge < -0.3 is 24.9 Å². The van der Waals surface area contributed by atoms with Crippen molar-refractivity contribution in [1.29, 1.82) is 0 Å². The Kier molecular flexibility index (Phi) is 38.2. The number of rotatable bonds is 15. The van der Waals surface area contributed by atoms with Crippen LogP contribution in [-0.2, 0) is 101 Å². The van der Waals surface area contributed by atoms with Crippen LogP contribution < -0.4 is 25.9 Å². The van der Waals surface area contributed by atoms with Gasteiger partial charge in [-0.15, -0.1) is 177 Å². The molecule has 0 saturated carbocycles. The molecule has 619 valence electrons. The largest absolute Gasteiger partial charge is 0.305 e. The van der Waals surface area contributed by atoms with E-state index in [1.54, 1.807) is 0 Å². The summed E-state index contributed by atoms with van der Waals surface area (Å²) in [6.07, 6.45) is 9.31. The zero-order chi connectivity index (χ0) is 81.4. The third kappa shape index (κ3) is 28.4. The number of pyridine rings is 5. The average Bonchev–Trinajstić information content (AvgIpc) is 0.814. The van der Waals surface area contributed by atoms with E-state index in [1.165, 1.54) is 104 Å². The molecule has 0 fully saturated rings. The van der Waals surface area contributed by atoms with Crippen LogP contribution in [0.2, 0.25) is 98.2 Å². The molecule has 0 atom stereocenters. The van der Waals surface area contributed by atoms with E-state index in [9.17, 15) is 0 Å². The average molecular weight is 2530 g/mol. The minimum atomic E-state index is -1.39. The van der Waals surface area contributed by atoms with Gasteiger partial charge >= 0.3 is 0 Å². The molecular formula is C104H108Ir5N5Si5-5. The van der Waals surface area contributed by atoms with Gasteiger partial charge in [0.25, 0.3) is 0 Å². The Morgan fingerprint density at radius 1 is 0.210 bits per heavy atom. The number of hydrogen-bond donors (Lipinski definition) is 0. The molecule has 0 amide bonds. The predicted molar refractivity (Wildman–Crippen MR) is 504 cm³/mol. The number of aromatic nitrogens is 5. The number of hydrogen-bond acceptors (Lipinski definition) is 5. The molecule has 0 unspecified atom stereocenters. The van der Waals surface area contributed by atoms with Crippen LogP contribution in [0.4, 0.5) is 0 Å². The predicted octanol–water partition coefficient (Wildman–Crippen LogP) is 25.0. The molecule has 0 aliphatic carbocycles. The van der Waals surface area contributed by atoms with Crippen molar-refractivity contribution in [2.24, 2.45) is 0 Å². The molecule has 119 heavy (non-hydrogen) atoms. The first-order chi connectivity index (χ1) is 54.3. The maximum Gasteiger partial charge on any atom is 0.0783 e. The van der Waals surface area contributed by atoms with E-state index >= 15 is 0 Å². The van der Waals surface area contributed by atoms with Gasteiger partial charge in [-0.2, -0.15) is 0 Å². The van der Waals surface area contributed by atoms with E-state index in [0.29, 0.717) is 0 Å². The van der Waals surface area contributed by atoms with E-state index in [1.807, 2.05) is 97.7 Å².